The average molecular weight is 288 g/mol. The minimum atomic E-state index is -0.503. The first-order valence-electron chi connectivity index (χ1n) is 5.71. The second-order valence-electron chi connectivity index (χ2n) is 3.99. The van der Waals surface area contributed by atoms with Gasteiger partial charge in [-0.05, 0) is 12.1 Å². The molecule has 20 heavy (non-hydrogen) atoms. The highest BCUT2D eigenvalue weighted by Gasteiger charge is 2.18. The first-order chi connectivity index (χ1) is 9.66. The fourth-order valence-electron chi connectivity index (χ4n) is 1.75. The Morgan fingerprint density at radius 2 is 2.00 bits per heavy atom. The summed E-state index contributed by atoms with van der Waals surface area (Å²) in [5, 5.41) is 2.49. The zero-order valence-corrected chi connectivity index (χ0v) is 10.9. The molecule has 0 fully saturated rings. The fraction of sp³-hybridized carbons (Fsp3) is 0. The number of nitrogen functional groups attached to an aromatic ring is 1. The van der Waals surface area contributed by atoms with Crippen molar-refractivity contribution < 1.29 is 9.18 Å². The maximum absolute atomic E-state index is 13.5. The molecule has 1 aromatic carbocycles. The van der Waals surface area contributed by atoms with Crippen molar-refractivity contribution >= 4 is 39.0 Å². The number of rotatable bonds is 2. The van der Waals surface area contributed by atoms with E-state index < -0.39 is 11.7 Å². The van der Waals surface area contributed by atoms with Crippen molar-refractivity contribution in [3.05, 3.63) is 47.4 Å². The van der Waals surface area contributed by atoms with Crippen molar-refractivity contribution in [3.63, 3.8) is 0 Å². The normalized spacial score (nSPS) is 10.7. The number of nitrogens with one attached hydrogen (secondary N) is 1. The average Bonchev–Trinajstić information content (AvgIpc) is 2.79. The molecule has 0 saturated heterocycles. The van der Waals surface area contributed by atoms with Gasteiger partial charge in [0.25, 0.3) is 5.91 Å². The van der Waals surface area contributed by atoms with Crippen LogP contribution in [-0.4, -0.2) is 15.9 Å². The molecule has 0 bridgehead atoms. The van der Waals surface area contributed by atoms with E-state index >= 15 is 0 Å². The summed E-state index contributed by atoms with van der Waals surface area (Å²) >= 11 is 1.12. The van der Waals surface area contributed by atoms with Gasteiger partial charge in [0.2, 0.25) is 0 Å². The Kier molecular flexibility index (Phi) is 3.03. The van der Waals surface area contributed by atoms with Crippen molar-refractivity contribution in [2.24, 2.45) is 0 Å². The molecule has 2 heterocycles. The van der Waals surface area contributed by atoms with Gasteiger partial charge in [-0.25, -0.2) is 14.4 Å². The third-order valence-electron chi connectivity index (χ3n) is 2.69. The summed E-state index contributed by atoms with van der Waals surface area (Å²) in [7, 11) is 0. The van der Waals surface area contributed by atoms with Crippen molar-refractivity contribution in [2.45, 2.75) is 0 Å². The first-order valence-corrected chi connectivity index (χ1v) is 6.53. The molecule has 5 nitrogen and oxygen atoms in total. The van der Waals surface area contributed by atoms with Crippen LogP contribution >= 0.6 is 11.3 Å². The van der Waals surface area contributed by atoms with Crippen LogP contribution in [0.15, 0.2) is 36.7 Å². The van der Waals surface area contributed by atoms with E-state index in [9.17, 15) is 9.18 Å². The molecule has 0 spiro atoms. The molecule has 0 atom stereocenters. The number of benzene rings is 1. The molecule has 0 aliphatic heterocycles. The largest absolute Gasteiger partial charge is 0.396 e. The first kappa shape index (κ1) is 12.5. The number of halogens is 1. The summed E-state index contributed by atoms with van der Waals surface area (Å²) in [4.78, 5) is 21.2. The van der Waals surface area contributed by atoms with Crippen LogP contribution in [0, 0.1) is 5.82 Å². The maximum Gasteiger partial charge on any atom is 0.268 e. The molecule has 0 unspecified atom stereocenters. The molecule has 7 heteroatoms. The third kappa shape index (κ3) is 2.08. The van der Waals surface area contributed by atoms with Gasteiger partial charge >= 0.3 is 0 Å². The highest BCUT2D eigenvalue weighted by Crippen LogP contribution is 2.31. The summed E-state index contributed by atoms with van der Waals surface area (Å²) in [6, 6.07) is 5.93. The number of nitrogens with two attached hydrogens (primary N) is 1. The van der Waals surface area contributed by atoms with Crippen LogP contribution in [0.5, 0.6) is 0 Å². The summed E-state index contributed by atoms with van der Waals surface area (Å²) in [5.41, 5.74) is 6.73. The SMILES string of the molecule is Nc1c(C(=O)Nc2ccccc2F)sc2nccnc12. The van der Waals surface area contributed by atoms with Crippen LogP contribution in [0.4, 0.5) is 15.8 Å². The van der Waals surface area contributed by atoms with Crippen molar-refractivity contribution in [1.82, 2.24) is 9.97 Å². The summed E-state index contributed by atoms with van der Waals surface area (Å²) < 4.78 is 13.5. The smallest absolute Gasteiger partial charge is 0.268 e. The molecule has 0 aliphatic rings. The Hall–Kier alpha value is -2.54. The summed E-state index contributed by atoms with van der Waals surface area (Å²) in [5.74, 6) is -0.978. The molecule has 3 N–H and O–H groups in total. The van der Waals surface area contributed by atoms with Crippen molar-refractivity contribution in [1.29, 1.82) is 0 Å². The molecule has 0 radical (unpaired) electrons. The predicted molar refractivity (Wildman–Crippen MR) is 76.2 cm³/mol. The Bertz CT molecular complexity index is 802. The standard InChI is InChI=1S/C13H9FN4OS/c14-7-3-1-2-4-8(7)18-12(19)11-9(15)10-13(20-11)17-6-5-16-10/h1-6H,15H2,(H,18,19). The molecular weight excluding hydrogens is 279 g/mol. The van der Waals surface area contributed by atoms with E-state index in [0.717, 1.165) is 11.3 Å². The van der Waals surface area contributed by atoms with Crippen LogP contribution in [0.1, 0.15) is 9.67 Å². The lowest BCUT2D eigenvalue weighted by atomic mass is 10.3. The maximum atomic E-state index is 13.5. The third-order valence-corrected chi connectivity index (χ3v) is 3.79. The Balaban J connectivity index is 1.97. The van der Waals surface area contributed by atoms with Gasteiger partial charge in [0.15, 0.2) is 0 Å². The predicted octanol–water partition coefficient (Wildman–Crippen LogP) is 2.66. The number of hydrogen-bond donors (Lipinski definition) is 2. The Morgan fingerprint density at radius 1 is 1.25 bits per heavy atom. The quantitative estimate of drug-likeness (QED) is 0.759. The molecule has 1 amide bonds. The van der Waals surface area contributed by atoms with Crippen molar-refractivity contribution in [3.8, 4) is 0 Å². The number of hydrogen-bond acceptors (Lipinski definition) is 5. The van der Waals surface area contributed by atoms with Crippen LogP contribution in [0.2, 0.25) is 0 Å². The van der Waals surface area contributed by atoms with Gasteiger partial charge < -0.3 is 11.1 Å². The van der Waals surface area contributed by atoms with Crippen LogP contribution in [-0.2, 0) is 0 Å². The molecule has 0 saturated carbocycles. The second kappa shape index (κ2) is 4.86. The molecule has 3 rings (SSSR count). The Labute approximate surface area is 117 Å². The second-order valence-corrected chi connectivity index (χ2v) is 4.99. The Morgan fingerprint density at radius 3 is 2.75 bits per heavy atom. The van der Waals surface area contributed by atoms with E-state index in [0.29, 0.717) is 10.3 Å². The number of para-hydroxylation sites is 1. The molecular formula is C13H9FN4OS. The summed E-state index contributed by atoms with van der Waals surface area (Å²) in [6.07, 6.45) is 3.03. The number of amides is 1. The lowest BCUT2D eigenvalue weighted by Gasteiger charge is -2.04. The minimum absolute atomic E-state index is 0.107. The topological polar surface area (TPSA) is 80.9 Å². The lowest BCUT2D eigenvalue weighted by molar-refractivity contribution is 0.103. The van der Waals surface area contributed by atoms with E-state index in [1.165, 1.54) is 24.5 Å². The highest BCUT2D eigenvalue weighted by atomic mass is 32.1. The number of thiophene rings is 1. The number of carbonyl (C=O) groups excluding carboxylic acids is 1. The van der Waals surface area contributed by atoms with Gasteiger partial charge in [-0.1, -0.05) is 12.1 Å². The minimum Gasteiger partial charge on any atom is -0.396 e. The van der Waals surface area contributed by atoms with Gasteiger partial charge in [0.1, 0.15) is 21.0 Å². The fourth-order valence-corrected chi connectivity index (χ4v) is 2.67. The van der Waals surface area contributed by atoms with Crippen molar-refractivity contribution in [2.75, 3.05) is 11.1 Å². The lowest BCUT2D eigenvalue weighted by Crippen LogP contribution is -2.13. The number of fused-ring (bicyclic) bond motifs is 1. The van der Waals surface area contributed by atoms with Gasteiger partial charge in [-0.2, -0.15) is 0 Å². The van der Waals surface area contributed by atoms with E-state index in [-0.39, 0.29) is 16.3 Å². The monoisotopic (exact) mass is 288 g/mol. The number of nitrogens with zero attached hydrogens (tertiary/aromatic N) is 2. The highest BCUT2D eigenvalue weighted by molar-refractivity contribution is 7.21. The summed E-state index contributed by atoms with van der Waals surface area (Å²) in [6.45, 7) is 0. The van der Waals surface area contributed by atoms with Crippen LogP contribution in [0.3, 0.4) is 0 Å². The zero-order chi connectivity index (χ0) is 14.1. The number of carbonyl (C=O) groups is 1. The van der Waals surface area contributed by atoms with E-state index in [1.54, 1.807) is 12.1 Å². The molecule has 100 valence electrons. The molecule has 3 aromatic rings. The van der Waals surface area contributed by atoms with Gasteiger partial charge in [-0.3, -0.25) is 4.79 Å². The van der Waals surface area contributed by atoms with Gasteiger partial charge in [0.05, 0.1) is 11.4 Å². The van der Waals surface area contributed by atoms with Gasteiger partial charge in [-0.15, -0.1) is 11.3 Å². The van der Waals surface area contributed by atoms with E-state index in [4.69, 9.17) is 5.73 Å². The number of anilines is 2. The molecule has 2 aromatic heterocycles. The van der Waals surface area contributed by atoms with Crippen LogP contribution in [0.25, 0.3) is 10.3 Å². The van der Waals surface area contributed by atoms with E-state index in [2.05, 4.69) is 15.3 Å². The van der Waals surface area contributed by atoms with E-state index in [1.807, 2.05) is 0 Å². The van der Waals surface area contributed by atoms with Crippen LogP contribution < -0.4 is 11.1 Å². The zero-order valence-electron chi connectivity index (χ0n) is 10.1. The number of aromatic nitrogens is 2. The molecule has 0 aliphatic carbocycles. The van der Waals surface area contributed by atoms with Gasteiger partial charge in [0, 0.05) is 12.4 Å².